The molecule has 1 fully saturated rings. The van der Waals surface area contributed by atoms with Crippen LogP contribution >= 0.6 is 0 Å². The first-order valence-electron chi connectivity index (χ1n) is 5.64. The number of alkyl halides is 3. The monoisotopic (exact) mass is 279 g/mol. The van der Waals surface area contributed by atoms with Gasteiger partial charge in [-0.15, -0.1) is 0 Å². The minimum atomic E-state index is -4.65. The fourth-order valence-corrected chi connectivity index (χ4v) is 2.42. The molecule has 0 saturated carbocycles. The van der Waals surface area contributed by atoms with Crippen LogP contribution < -0.4 is 5.73 Å². The number of rotatable bonds is 2. The van der Waals surface area contributed by atoms with E-state index in [-0.39, 0.29) is 5.56 Å². The van der Waals surface area contributed by atoms with E-state index in [9.17, 15) is 22.7 Å². The second-order valence-electron chi connectivity index (χ2n) is 4.58. The summed E-state index contributed by atoms with van der Waals surface area (Å²) in [5, 5.41) is 9.21. The summed E-state index contributed by atoms with van der Waals surface area (Å²) < 4.78 is 56.7. The van der Waals surface area contributed by atoms with Crippen LogP contribution in [-0.4, -0.2) is 30.6 Å². The Balaban J connectivity index is 2.42. The second kappa shape index (κ2) is 4.73. The Hall–Kier alpha value is -1.18. The lowest BCUT2D eigenvalue weighted by Crippen LogP contribution is -2.50. The van der Waals surface area contributed by atoms with Crippen LogP contribution in [0.1, 0.15) is 5.56 Å². The van der Waals surface area contributed by atoms with Crippen LogP contribution in [-0.2, 0) is 10.3 Å². The van der Waals surface area contributed by atoms with Crippen LogP contribution in [0.25, 0.3) is 0 Å². The highest BCUT2D eigenvalue weighted by Gasteiger charge is 2.58. The molecule has 2 rings (SSSR count). The molecule has 1 aromatic rings. The van der Waals surface area contributed by atoms with E-state index in [1.54, 1.807) is 0 Å². The highest BCUT2D eigenvalue weighted by Crippen LogP contribution is 2.44. The predicted octanol–water partition coefficient (Wildman–Crippen LogP) is 1.55. The van der Waals surface area contributed by atoms with Crippen LogP contribution in [0.2, 0.25) is 0 Å². The Kier molecular flexibility index (Phi) is 3.55. The first-order valence-corrected chi connectivity index (χ1v) is 5.64. The summed E-state index contributed by atoms with van der Waals surface area (Å²) in [4.78, 5) is 0. The van der Waals surface area contributed by atoms with Crippen LogP contribution in [0, 0.1) is 11.7 Å². The van der Waals surface area contributed by atoms with E-state index in [4.69, 9.17) is 5.73 Å². The summed E-state index contributed by atoms with van der Waals surface area (Å²) in [6.45, 7) is -1.33. The lowest BCUT2D eigenvalue weighted by Gasteiger charge is -2.31. The number of nitrogens with two attached hydrogens (primary N) is 1. The first-order chi connectivity index (χ1) is 8.80. The minimum Gasteiger partial charge on any atom is -0.396 e. The zero-order valence-electron chi connectivity index (χ0n) is 9.82. The van der Waals surface area contributed by atoms with Gasteiger partial charge in [-0.25, -0.2) is 4.39 Å². The summed E-state index contributed by atoms with van der Waals surface area (Å²) in [5.41, 5.74) is 4.12. The van der Waals surface area contributed by atoms with E-state index < -0.39 is 42.8 Å². The van der Waals surface area contributed by atoms with Gasteiger partial charge in [-0.2, -0.15) is 13.2 Å². The van der Waals surface area contributed by atoms with Gasteiger partial charge in [-0.1, -0.05) is 18.2 Å². The number of aliphatic hydroxyl groups excluding tert-OH is 1. The lowest BCUT2D eigenvalue weighted by molar-refractivity contribution is -0.219. The molecule has 1 heterocycles. The van der Waals surface area contributed by atoms with Gasteiger partial charge in [0.1, 0.15) is 5.82 Å². The summed E-state index contributed by atoms with van der Waals surface area (Å²) >= 11 is 0. The fourth-order valence-electron chi connectivity index (χ4n) is 2.42. The largest absolute Gasteiger partial charge is 0.415 e. The van der Waals surface area contributed by atoms with Gasteiger partial charge in [0.15, 0.2) is 6.10 Å². The van der Waals surface area contributed by atoms with Crippen LogP contribution in [0.15, 0.2) is 24.3 Å². The van der Waals surface area contributed by atoms with Crippen molar-refractivity contribution < 1.29 is 27.4 Å². The number of hydrogen-bond donors (Lipinski definition) is 2. The zero-order valence-corrected chi connectivity index (χ0v) is 9.82. The molecule has 0 amide bonds. The average Bonchev–Trinajstić information content (AvgIpc) is 2.67. The van der Waals surface area contributed by atoms with Crippen molar-refractivity contribution in [2.45, 2.75) is 17.8 Å². The molecule has 3 atom stereocenters. The fraction of sp³-hybridized carbons (Fsp3) is 0.500. The van der Waals surface area contributed by atoms with E-state index in [0.29, 0.717) is 0 Å². The standard InChI is InChI=1S/C12H13F4NO2/c13-9-4-2-1-3-7(9)11(17)6-19-10(8(11)5-18)12(14,15)16/h1-4,8,10,18H,5-6,17H2/t8-,10?,11?/m1/s1. The summed E-state index contributed by atoms with van der Waals surface area (Å²) in [6.07, 6.45) is -6.85. The maximum absolute atomic E-state index is 13.7. The topological polar surface area (TPSA) is 55.5 Å². The molecule has 3 N–H and O–H groups in total. The third-order valence-corrected chi connectivity index (χ3v) is 3.42. The Morgan fingerprint density at radius 3 is 2.53 bits per heavy atom. The van der Waals surface area contributed by atoms with E-state index in [1.165, 1.54) is 18.2 Å². The van der Waals surface area contributed by atoms with Gasteiger partial charge >= 0.3 is 6.18 Å². The molecule has 19 heavy (non-hydrogen) atoms. The smallest absolute Gasteiger partial charge is 0.396 e. The van der Waals surface area contributed by atoms with Crippen molar-refractivity contribution in [3.05, 3.63) is 35.6 Å². The molecule has 1 aromatic carbocycles. The van der Waals surface area contributed by atoms with Crippen molar-refractivity contribution in [1.29, 1.82) is 0 Å². The van der Waals surface area contributed by atoms with Crippen LogP contribution in [0.5, 0.6) is 0 Å². The Labute approximate surface area is 107 Å². The van der Waals surface area contributed by atoms with Gasteiger partial charge in [0, 0.05) is 11.5 Å². The molecular formula is C12H13F4NO2. The van der Waals surface area contributed by atoms with Gasteiger partial charge < -0.3 is 15.6 Å². The summed E-state index contributed by atoms with van der Waals surface area (Å²) in [6, 6.07) is 5.30. The molecule has 0 aliphatic carbocycles. The molecule has 7 heteroatoms. The predicted molar refractivity (Wildman–Crippen MR) is 58.6 cm³/mol. The molecule has 1 saturated heterocycles. The highest BCUT2D eigenvalue weighted by molar-refractivity contribution is 5.29. The lowest BCUT2D eigenvalue weighted by atomic mass is 9.78. The first kappa shape index (κ1) is 14.2. The molecule has 0 spiro atoms. The van der Waals surface area contributed by atoms with Crippen LogP contribution in [0.3, 0.4) is 0 Å². The van der Waals surface area contributed by atoms with Gasteiger partial charge in [0.05, 0.1) is 18.8 Å². The van der Waals surface area contributed by atoms with Gasteiger partial charge in [0.25, 0.3) is 0 Å². The average molecular weight is 279 g/mol. The Morgan fingerprint density at radius 2 is 2.00 bits per heavy atom. The molecule has 1 aliphatic heterocycles. The van der Waals surface area contributed by atoms with E-state index >= 15 is 0 Å². The second-order valence-corrected chi connectivity index (χ2v) is 4.58. The van der Waals surface area contributed by atoms with Crippen molar-refractivity contribution in [2.75, 3.05) is 13.2 Å². The number of benzene rings is 1. The zero-order chi connectivity index (χ0) is 14.3. The third-order valence-electron chi connectivity index (χ3n) is 3.42. The number of halogens is 4. The van der Waals surface area contributed by atoms with E-state index in [2.05, 4.69) is 4.74 Å². The molecule has 2 unspecified atom stereocenters. The van der Waals surface area contributed by atoms with Crippen LogP contribution in [0.4, 0.5) is 17.6 Å². The molecule has 0 bridgehead atoms. The Bertz CT molecular complexity index is 465. The van der Waals surface area contributed by atoms with Gasteiger partial charge in [-0.05, 0) is 6.07 Å². The van der Waals surface area contributed by atoms with E-state index in [1.807, 2.05) is 0 Å². The van der Waals surface area contributed by atoms with Gasteiger partial charge in [0.2, 0.25) is 0 Å². The molecule has 0 aromatic heterocycles. The van der Waals surface area contributed by atoms with Crippen molar-refractivity contribution in [1.82, 2.24) is 0 Å². The van der Waals surface area contributed by atoms with Gasteiger partial charge in [-0.3, -0.25) is 0 Å². The number of aliphatic hydroxyl groups is 1. The number of ether oxygens (including phenoxy) is 1. The number of hydrogen-bond acceptors (Lipinski definition) is 3. The minimum absolute atomic E-state index is 0.0826. The molecule has 3 nitrogen and oxygen atoms in total. The summed E-state index contributed by atoms with van der Waals surface area (Å²) in [5.74, 6) is -2.15. The SMILES string of the molecule is NC1(c2ccccc2F)COC(C(F)(F)F)[C@H]1CO. The highest BCUT2D eigenvalue weighted by atomic mass is 19.4. The normalized spacial score (nSPS) is 31.7. The van der Waals surface area contributed by atoms with E-state index in [0.717, 1.165) is 6.07 Å². The molecular weight excluding hydrogens is 266 g/mol. The quantitative estimate of drug-likeness (QED) is 0.808. The van der Waals surface area contributed by atoms with Crippen molar-refractivity contribution >= 4 is 0 Å². The van der Waals surface area contributed by atoms with Crippen molar-refractivity contribution in [3.8, 4) is 0 Å². The Morgan fingerprint density at radius 1 is 1.37 bits per heavy atom. The maximum Gasteiger partial charge on any atom is 0.415 e. The maximum atomic E-state index is 13.7. The summed E-state index contributed by atoms with van der Waals surface area (Å²) in [7, 11) is 0. The van der Waals surface area contributed by atoms with Crippen molar-refractivity contribution in [3.63, 3.8) is 0 Å². The molecule has 0 radical (unpaired) electrons. The molecule has 106 valence electrons. The third kappa shape index (κ3) is 2.33. The molecule has 1 aliphatic rings. The van der Waals surface area contributed by atoms with Crippen molar-refractivity contribution in [2.24, 2.45) is 11.7 Å².